The first-order valence-electron chi connectivity index (χ1n) is 8.33. The van der Waals surface area contributed by atoms with E-state index in [1.165, 1.54) is 29.4 Å². The van der Waals surface area contributed by atoms with Crippen LogP contribution in [0.15, 0.2) is 23.6 Å². The van der Waals surface area contributed by atoms with Crippen molar-refractivity contribution in [1.29, 1.82) is 0 Å². The number of rotatable bonds is 7. The summed E-state index contributed by atoms with van der Waals surface area (Å²) in [7, 11) is 1.27. The summed E-state index contributed by atoms with van der Waals surface area (Å²) in [6, 6.07) is 2.70. The summed E-state index contributed by atoms with van der Waals surface area (Å²) in [4.78, 5) is 29.8. The number of ether oxygens (including phenoxy) is 1. The van der Waals surface area contributed by atoms with E-state index in [0.29, 0.717) is 17.5 Å². The molecule has 0 saturated heterocycles. The average Bonchev–Trinajstić information content (AvgIpc) is 3.09. The number of hydrogen-bond donors (Lipinski definition) is 1. The van der Waals surface area contributed by atoms with Crippen LogP contribution in [0.25, 0.3) is 0 Å². The Morgan fingerprint density at radius 3 is 2.67 bits per heavy atom. The second-order valence-corrected chi connectivity index (χ2v) is 7.22. The molecular formula is C18H21F2N3O3S. The van der Waals surface area contributed by atoms with Gasteiger partial charge < -0.3 is 15.0 Å². The van der Waals surface area contributed by atoms with E-state index in [1.807, 2.05) is 13.8 Å². The highest BCUT2D eigenvalue weighted by atomic mass is 32.1. The van der Waals surface area contributed by atoms with Gasteiger partial charge >= 0.3 is 12.0 Å². The Morgan fingerprint density at radius 1 is 1.30 bits per heavy atom. The number of esters is 1. The van der Waals surface area contributed by atoms with Gasteiger partial charge in [0, 0.05) is 23.7 Å². The van der Waals surface area contributed by atoms with Crippen LogP contribution in [0.1, 0.15) is 35.8 Å². The Kier molecular flexibility index (Phi) is 7.23. The topological polar surface area (TPSA) is 71.5 Å². The third-order valence-electron chi connectivity index (χ3n) is 3.71. The number of nitrogens with zero attached hydrogens (tertiary/aromatic N) is 2. The van der Waals surface area contributed by atoms with Gasteiger partial charge in [-0.2, -0.15) is 0 Å². The standard InChI is InChI=1S/C18H21F2N3O3S/c1-11(2)6-7-23(9-16-22-15(10-27-16)17(24)26-3)18(25)21-12-4-5-13(19)14(20)8-12/h4-5,8,10-11H,6-7,9H2,1-3H3,(H,21,25). The van der Waals surface area contributed by atoms with Crippen molar-refractivity contribution in [3.63, 3.8) is 0 Å². The zero-order valence-electron chi connectivity index (χ0n) is 15.3. The van der Waals surface area contributed by atoms with E-state index in [2.05, 4.69) is 15.0 Å². The van der Waals surface area contributed by atoms with E-state index >= 15 is 0 Å². The molecule has 9 heteroatoms. The number of methoxy groups -OCH3 is 1. The zero-order chi connectivity index (χ0) is 20.0. The molecule has 1 heterocycles. The number of carbonyl (C=O) groups excluding carboxylic acids is 2. The molecule has 0 unspecified atom stereocenters. The molecule has 1 aromatic carbocycles. The Labute approximate surface area is 160 Å². The van der Waals surface area contributed by atoms with Crippen molar-refractivity contribution < 1.29 is 23.1 Å². The molecule has 1 aromatic heterocycles. The molecule has 0 atom stereocenters. The van der Waals surface area contributed by atoms with Crippen LogP contribution >= 0.6 is 11.3 Å². The highest BCUT2D eigenvalue weighted by Gasteiger charge is 2.19. The molecule has 0 bridgehead atoms. The number of carbonyl (C=O) groups is 2. The van der Waals surface area contributed by atoms with Crippen LogP contribution < -0.4 is 5.32 Å². The van der Waals surface area contributed by atoms with Crippen molar-refractivity contribution in [2.24, 2.45) is 5.92 Å². The van der Waals surface area contributed by atoms with Crippen LogP contribution in [0.5, 0.6) is 0 Å². The minimum atomic E-state index is -1.04. The van der Waals surface area contributed by atoms with Crippen molar-refractivity contribution in [2.75, 3.05) is 19.0 Å². The van der Waals surface area contributed by atoms with Gasteiger partial charge in [-0.15, -0.1) is 11.3 Å². The van der Waals surface area contributed by atoms with Crippen molar-refractivity contribution in [2.45, 2.75) is 26.8 Å². The third-order valence-corrected chi connectivity index (χ3v) is 4.54. The Hall–Kier alpha value is -2.55. The molecule has 2 rings (SSSR count). The first-order chi connectivity index (χ1) is 12.8. The number of aromatic nitrogens is 1. The van der Waals surface area contributed by atoms with Crippen LogP contribution in [0.4, 0.5) is 19.3 Å². The van der Waals surface area contributed by atoms with E-state index in [-0.39, 0.29) is 17.9 Å². The minimum Gasteiger partial charge on any atom is -0.464 e. The fourth-order valence-electron chi connectivity index (χ4n) is 2.19. The van der Waals surface area contributed by atoms with E-state index in [0.717, 1.165) is 18.6 Å². The fraction of sp³-hybridized carbons (Fsp3) is 0.389. The van der Waals surface area contributed by atoms with E-state index in [9.17, 15) is 18.4 Å². The molecule has 1 N–H and O–H groups in total. The first kappa shape index (κ1) is 20.8. The van der Waals surface area contributed by atoms with Crippen molar-refractivity contribution in [3.8, 4) is 0 Å². The molecular weight excluding hydrogens is 376 g/mol. The van der Waals surface area contributed by atoms with Gasteiger partial charge in [0.1, 0.15) is 5.01 Å². The number of benzene rings is 1. The molecule has 0 saturated carbocycles. The zero-order valence-corrected chi connectivity index (χ0v) is 16.1. The number of anilines is 1. The SMILES string of the molecule is COC(=O)c1csc(CN(CCC(C)C)C(=O)Nc2ccc(F)c(F)c2)n1. The number of urea groups is 1. The van der Waals surface area contributed by atoms with Crippen molar-refractivity contribution in [1.82, 2.24) is 9.88 Å². The smallest absolute Gasteiger partial charge is 0.357 e. The lowest BCUT2D eigenvalue weighted by Gasteiger charge is -2.23. The number of amides is 2. The number of thiazole rings is 1. The normalized spacial score (nSPS) is 10.7. The quantitative estimate of drug-likeness (QED) is 0.708. The highest BCUT2D eigenvalue weighted by Crippen LogP contribution is 2.17. The Bertz CT molecular complexity index is 811. The minimum absolute atomic E-state index is 0.155. The lowest BCUT2D eigenvalue weighted by molar-refractivity contribution is 0.0594. The number of halogens is 2. The van der Waals surface area contributed by atoms with Gasteiger partial charge in [0.15, 0.2) is 17.3 Å². The van der Waals surface area contributed by atoms with Gasteiger partial charge in [0.25, 0.3) is 0 Å². The molecule has 2 aromatic rings. The predicted molar refractivity (Wildman–Crippen MR) is 98.7 cm³/mol. The van der Waals surface area contributed by atoms with E-state index < -0.39 is 23.6 Å². The molecule has 146 valence electrons. The lowest BCUT2D eigenvalue weighted by Crippen LogP contribution is -2.35. The maximum absolute atomic E-state index is 13.4. The highest BCUT2D eigenvalue weighted by molar-refractivity contribution is 7.09. The third kappa shape index (κ3) is 5.99. The largest absolute Gasteiger partial charge is 0.464 e. The molecule has 0 aliphatic heterocycles. The van der Waals surface area contributed by atoms with Gasteiger partial charge in [-0.3, -0.25) is 0 Å². The van der Waals surface area contributed by atoms with E-state index in [1.54, 1.807) is 5.38 Å². The second-order valence-electron chi connectivity index (χ2n) is 6.28. The van der Waals surface area contributed by atoms with Gasteiger partial charge in [-0.25, -0.2) is 23.4 Å². The molecule has 0 aliphatic carbocycles. The van der Waals surface area contributed by atoms with Crippen LogP contribution in [-0.2, 0) is 11.3 Å². The summed E-state index contributed by atoms with van der Waals surface area (Å²) in [6.45, 7) is 4.69. The molecule has 0 spiro atoms. The maximum Gasteiger partial charge on any atom is 0.357 e. The fourth-order valence-corrected chi connectivity index (χ4v) is 2.97. The van der Waals surface area contributed by atoms with Gasteiger partial charge in [-0.05, 0) is 24.5 Å². The van der Waals surface area contributed by atoms with Crippen LogP contribution in [-0.4, -0.2) is 35.5 Å². The molecule has 0 aliphatic rings. The van der Waals surface area contributed by atoms with Crippen LogP contribution in [0, 0.1) is 17.6 Å². The average molecular weight is 397 g/mol. The van der Waals surface area contributed by atoms with Crippen LogP contribution in [0.3, 0.4) is 0 Å². The van der Waals surface area contributed by atoms with Crippen LogP contribution in [0.2, 0.25) is 0 Å². The Morgan fingerprint density at radius 2 is 2.04 bits per heavy atom. The van der Waals surface area contributed by atoms with E-state index in [4.69, 9.17) is 0 Å². The summed E-state index contributed by atoms with van der Waals surface area (Å²) in [5.41, 5.74) is 0.338. The summed E-state index contributed by atoms with van der Waals surface area (Å²) >= 11 is 1.24. The number of nitrogens with one attached hydrogen (secondary N) is 1. The molecule has 6 nitrogen and oxygen atoms in total. The monoisotopic (exact) mass is 397 g/mol. The summed E-state index contributed by atoms with van der Waals surface area (Å²) in [6.07, 6.45) is 0.750. The number of hydrogen-bond acceptors (Lipinski definition) is 5. The predicted octanol–water partition coefficient (Wildman–Crippen LogP) is 4.29. The van der Waals surface area contributed by atoms with Crippen molar-refractivity contribution in [3.05, 3.63) is 45.9 Å². The second kappa shape index (κ2) is 9.40. The van der Waals surface area contributed by atoms with Crippen molar-refractivity contribution >= 4 is 29.0 Å². The first-order valence-corrected chi connectivity index (χ1v) is 9.21. The summed E-state index contributed by atoms with van der Waals surface area (Å²) < 4.78 is 31.0. The van der Waals surface area contributed by atoms with Gasteiger partial charge in [0.2, 0.25) is 0 Å². The van der Waals surface area contributed by atoms with Gasteiger partial charge in [0.05, 0.1) is 13.7 Å². The molecule has 27 heavy (non-hydrogen) atoms. The summed E-state index contributed by atoms with van der Waals surface area (Å²) in [5, 5.41) is 4.69. The Balaban J connectivity index is 2.12. The molecule has 2 amide bonds. The summed E-state index contributed by atoms with van der Waals surface area (Å²) in [5.74, 6) is -2.20. The maximum atomic E-state index is 13.4. The lowest BCUT2D eigenvalue weighted by atomic mass is 10.1. The van der Waals surface area contributed by atoms with Gasteiger partial charge in [-0.1, -0.05) is 13.8 Å². The molecule has 0 radical (unpaired) electrons. The molecule has 0 fully saturated rings.